The molecule has 0 bridgehead atoms. The van der Waals surface area contributed by atoms with Crippen LogP contribution in [0.2, 0.25) is 0 Å². The molecule has 1 saturated heterocycles. The van der Waals surface area contributed by atoms with Gasteiger partial charge in [-0.25, -0.2) is 0 Å². The van der Waals surface area contributed by atoms with Crippen LogP contribution in [-0.2, 0) is 0 Å². The van der Waals surface area contributed by atoms with Crippen LogP contribution >= 0.6 is 24.0 Å². The van der Waals surface area contributed by atoms with Gasteiger partial charge < -0.3 is 15.5 Å². The molecule has 0 aliphatic carbocycles. The standard InChI is InChI=1S/C14H30N4.HI/c1-4-9-16-14(15-5-2)17-11-13-8-7-10-18(6-3)12-13;/h13H,4-12H2,1-3H3,(H2,15,16,17);1H. The maximum Gasteiger partial charge on any atom is 0.191 e. The molecule has 1 aliphatic rings. The Kier molecular flexibility index (Phi) is 11.7. The van der Waals surface area contributed by atoms with Crippen LogP contribution in [0.1, 0.15) is 40.0 Å². The highest BCUT2D eigenvalue weighted by molar-refractivity contribution is 14.0. The van der Waals surface area contributed by atoms with Crippen molar-refractivity contribution in [2.75, 3.05) is 39.3 Å². The summed E-state index contributed by atoms with van der Waals surface area (Å²) in [6.45, 7) is 13.1. The number of likely N-dealkylation sites (tertiary alicyclic amines) is 1. The van der Waals surface area contributed by atoms with E-state index in [2.05, 4.69) is 36.3 Å². The number of piperidine rings is 1. The molecule has 5 heteroatoms. The minimum atomic E-state index is 0. The molecule has 114 valence electrons. The summed E-state index contributed by atoms with van der Waals surface area (Å²) in [5.74, 6) is 1.71. The Bertz CT molecular complexity index is 246. The van der Waals surface area contributed by atoms with E-state index < -0.39 is 0 Å². The number of rotatable bonds is 6. The summed E-state index contributed by atoms with van der Waals surface area (Å²) < 4.78 is 0. The Labute approximate surface area is 135 Å². The van der Waals surface area contributed by atoms with Crippen molar-refractivity contribution >= 4 is 29.9 Å². The summed E-state index contributed by atoms with van der Waals surface area (Å²) in [6.07, 6.45) is 3.79. The van der Waals surface area contributed by atoms with Gasteiger partial charge in [-0.3, -0.25) is 4.99 Å². The highest BCUT2D eigenvalue weighted by atomic mass is 127. The minimum Gasteiger partial charge on any atom is -0.357 e. The third kappa shape index (κ3) is 7.97. The Balaban J connectivity index is 0.00000324. The summed E-state index contributed by atoms with van der Waals surface area (Å²) >= 11 is 0. The molecule has 1 unspecified atom stereocenters. The zero-order valence-electron chi connectivity index (χ0n) is 12.7. The molecule has 2 N–H and O–H groups in total. The molecular formula is C14H31IN4. The van der Waals surface area contributed by atoms with E-state index >= 15 is 0 Å². The maximum atomic E-state index is 4.71. The van der Waals surface area contributed by atoms with Gasteiger partial charge in [0.15, 0.2) is 5.96 Å². The smallest absolute Gasteiger partial charge is 0.191 e. The fourth-order valence-corrected chi connectivity index (χ4v) is 2.39. The second kappa shape index (κ2) is 11.8. The zero-order valence-corrected chi connectivity index (χ0v) is 15.1. The molecule has 4 nitrogen and oxygen atoms in total. The molecule has 19 heavy (non-hydrogen) atoms. The van der Waals surface area contributed by atoms with Gasteiger partial charge >= 0.3 is 0 Å². The summed E-state index contributed by atoms with van der Waals surface area (Å²) in [5.41, 5.74) is 0. The number of nitrogens with one attached hydrogen (secondary N) is 2. The van der Waals surface area contributed by atoms with Crippen LogP contribution in [0, 0.1) is 5.92 Å². The highest BCUT2D eigenvalue weighted by Crippen LogP contribution is 2.16. The van der Waals surface area contributed by atoms with Gasteiger partial charge in [0, 0.05) is 26.2 Å². The predicted octanol–water partition coefficient (Wildman–Crippen LogP) is 2.30. The van der Waals surface area contributed by atoms with Crippen LogP contribution in [0.4, 0.5) is 0 Å². The molecule has 0 saturated carbocycles. The van der Waals surface area contributed by atoms with Crippen LogP contribution in [-0.4, -0.2) is 50.1 Å². The van der Waals surface area contributed by atoms with E-state index in [0.717, 1.165) is 37.9 Å². The molecule has 0 aromatic carbocycles. The lowest BCUT2D eigenvalue weighted by atomic mass is 9.98. The fourth-order valence-electron chi connectivity index (χ4n) is 2.39. The average Bonchev–Trinajstić information content (AvgIpc) is 2.42. The number of hydrogen-bond acceptors (Lipinski definition) is 2. The van der Waals surface area contributed by atoms with E-state index in [1.807, 2.05) is 0 Å². The lowest BCUT2D eigenvalue weighted by Crippen LogP contribution is -2.39. The molecule has 1 heterocycles. The topological polar surface area (TPSA) is 39.7 Å². The first kappa shape index (κ1) is 19.0. The summed E-state index contributed by atoms with van der Waals surface area (Å²) in [6, 6.07) is 0. The van der Waals surface area contributed by atoms with Gasteiger partial charge in [0.25, 0.3) is 0 Å². The van der Waals surface area contributed by atoms with Crippen LogP contribution in [0.3, 0.4) is 0 Å². The van der Waals surface area contributed by atoms with Crippen molar-refractivity contribution in [1.29, 1.82) is 0 Å². The monoisotopic (exact) mass is 382 g/mol. The van der Waals surface area contributed by atoms with Gasteiger partial charge in [0.05, 0.1) is 0 Å². The number of nitrogens with zero attached hydrogens (tertiary/aromatic N) is 2. The predicted molar refractivity (Wildman–Crippen MR) is 94.5 cm³/mol. The molecule has 1 aliphatic heterocycles. The van der Waals surface area contributed by atoms with Crippen molar-refractivity contribution in [2.45, 2.75) is 40.0 Å². The van der Waals surface area contributed by atoms with Crippen molar-refractivity contribution in [3.8, 4) is 0 Å². The van der Waals surface area contributed by atoms with E-state index in [-0.39, 0.29) is 24.0 Å². The van der Waals surface area contributed by atoms with Crippen molar-refractivity contribution in [3.63, 3.8) is 0 Å². The first-order valence-electron chi connectivity index (χ1n) is 7.54. The first-order valence-corrected chi connectivity index (χ1v) is 7.54. The third-order valence-electron chi connectivity index (χ3n) is 3.44. The van der Waals surface area contributed by atoms with Crippen LogP contribution in [0.5, 0.6) is 0 Å². The minimum absolute atomic E-state index is 0. The molecule has 1 rings (SSSR count). The van der Waals surface area contributed by atoms with Crippen LogP contribution in [0.25, 0.3) is 0 Å². The number of hydrogen-bond donors (Lipinski definition) is 2. The normalized spacial score (nSPS) is 20.8. The Morgan fingerprint density at radius 1 is 1.26 bits per heavy atom. The summed E-state index contributed by atoms with van der Waals surface area (Å²) in [5, 5.41) is 6.67. The second-order valence-corrected chi connectivity index (χ2v) is 5.05. The second-order valence-electron chi connectivity index (χ2n) is 5.05. The fraction of sp³-hybridized carbons (Fsp3) is 0.929. The average molecular weight is 382 g/mol. The molecule has 0 radical (unpaired) electrons. The zero-order chi connectivity index (χ0) is 13.2. The number of aliphatic imine (C=N–C) groups is 1. The lowest BCUT2D eigenvalue weighted by molar-refractivity contribution is 0.186. The first-order chi connectivity index (χ1) is 8.80. The van der Waals surface area contributed by atoms with E-state index in [0.29, 0.717) is 0 Å². The summed E-state index contributed by atoms with van der Waals surface area (Å²) in [7, 11) is 0. The van der Waals surface area contributed by atoms with E-state index in [1.165, 1.54) is 32.5 Å². The van der Waals surface area contributed by atoms with Gasteiger partial charge in [-0.2, -0.15) is 0 Å². The number of guanidine groups is 1. The van der Waals surface area contributed by atoms with Gasteiger partial charge in [-0.05, 0) is 45.2 Å². The maximum absolute atomic E-state index is 4.71. The van der Waals surface area contributed by atoms with Crippen LogP contribution < -0.4 is 10.6 Å². The van der Waals surface area contributed by atoms with Gasteiger partial charge in [-0.1, -0.05) is 13.8 Å². The van der Waals surface area contributed by atoms with E-state index in [1.54, 1.807) is 0 Å². The molecule has 1 fully saturated rings. The lowest BCUT2D eigenvalue weighted by Gasteiger charge is -2.31. The van der Waals surface area contributed by atoms with Crippen molar-refractivity contribution in [3.05, 3.63) is 0 Å². The van der Waals surface area contributed by atoms with Gasteiger partial charge in [-0.15, -0.1) is 24.0 Å². The quantitative estimate of drug-likeness (QED) is 0.421. The Morgan fingerprint density at radius 3 is 2.68 bits per heavy atom. The van der Waals surface area contributed by atoms with Crippen molar-refractivity contribution in [1.82, 2.24) is 15.5 Å². The Morgan fingerprint density at radius 2 is 2.05 bits per heavy atom. The third-order valence-corrected chi connectivity index (χ3v) is 3.44. The molecule has 0 spiro atoms. The van der Waals surface area contributed by atoms with E-state index in [9.17, 15) is 0 Å². The van der Waals surface area contributed by atoms with Gasteiger partial charge in [0.1, 0.15) is 0 Å². The van der Waals surface area contributed by atoms with E-state index in [4.69, 9.17) is 4.99 Å². The SMILES string of the molecule is CCCNC(=NCC1CCCN(CC)C1)NCC.I. The van der Waals surface area contributed by atoms with Crippen molar-refractivity contribution in [2.24, 2.45) is 10.9 Å². The molecule has 0 aromatic heterocycles. The largest absolute Gasteiger partial charge is 0.357 e. The Hall–Kier alpha value is -0.0400. The van der Waals surface area contributed by atoms with Crippen LogP contribution in [0.15, 0.2) is 4.99 Å². The molecule has 1 atom stereocenters. The molecule has 0 amide bonds. The molecule has 0 aromatic rings. The van der Waals surface area contributed by atoms with Gasteiger partial charge in [0.2, 0.25) is 0 Å². The summed E-state index contributed by atoms with van der Waals surface area (Å²) in [4.78, 5) is 7.25. The molecular weight excluding hydrogens is 351 g/mol. The number of halogens is 1. The highest BCUT2D eigenvalue weighted by Gasteiger charge is 2.18. The van der Waals surface area contributed by atoms with Crippen molar-refractivity contribution < 1.29 is 0 Å².